The van der Waals surface area contributed by atoms with Crippen molar-refractivity contribution in [3.8, 4) is 5.75 Å². The van der Waals surface area contributed by atoms with Crippen LogP contribution in [0.15, 0.2) is 27.9 Å². The van der Waals surface area contributed by atoms with Crippen LogP contribution in [-0.4, -0.2) is 53.0 Å². The number of pyridine rings is 1. The first-order valence-electron chi connectivity index (χ1n) is 9.05. The average Bonchev–Trinajstić information content (AvgIpc) is 3.42. The van der Waals surface area contributed by atoms with E-state index >= 15 is 0 Å². The normalized spacial score (nSPS) is 25.7. The second kappa shape index (κ2) is 7.05. The zero-order chi connectivity index (χ0) is 19.9. The third-order valence-corrected chi connectivity index (χ3v) is 6.51. The van der Waals surface area contributed by atoms with Crippen molar-refractivity contribution < 1.29 is 19.1 Å². The second-order valence-electron chi connectivity index (χ2n) is 7.25. The molecule has 2 saturated heterocycles. The Morgan fingerprint density at radius 2 is 2.21 bits per heavy atom. The quantitative estimate of drug-likeness (QED) is 0.762. The molecule has 0 aliphatic carbocycles. The first-order valence-corrected chi connectivity index (χ1v) is 9.99. The van der Waals surface area contributed by atoms with E-state index in [1.807, 2.05) is 5.38 Å². The van der Waals surface area contributed by atoms with Crippen LogP contribution in [0, 0.1) is 5.41 Å². The fourth-order valence-electron chi connectivity index (χ4n) is 4.70. The number of esters is 1. The van der Waals surface area contributed by atoms with Crippen LogP contribution < -0.4 is 10.2 Å². The average molecular weight is 403 g/mol. The highest BCUT2D eigenvalue weighted by Gasteiger charge is 2.62. The number of amides is 1. The summed E-state index contributed by atoms with van der Waals surface area (Å²) in [7, 11) is 2.78. The highest BCUT2D eigenvalue weighted by molar-refractivity contribution is 7.07. The molecule has 2 aromatic rings. The minimum atomic E-state index is -0.811. The van der Waals surface area contributed by atoms with Crippen molar-refractivity contribution >= 4 is 23.2 Å². The van der Waals surface area contributed by atoms with Gasteiger partial charge in [-0.1, -0.05) is 0 Å². The summed E-state index contributed by atoms with van der Waals surface area (Å²) in [6.45, 7) is 0. The van der Waals surface area contributed by atoms with Crippen molar-refractivity contribution in [2.75, 3.05) is 14.2 Å². The van der Waals surface area contributed by atoms with E-state index in [2.05, 4.69) is 9.97 Å². The van der Waals surface area contributed by atoms with Gasteiger partial charge in [0, 0.05) is 36.1 Å². The molecule has 2 aromatic heterocycles. The van der Waals surface area contributed by atoms with Gasteiger partial charge in [-0.2, -0.15) is 0 Å². The molecule has 2 bridgehead atoms. The SMILES string of the molecule is COC(=O)[C@@]1(Cc2cscn2)C[C@H]2CC[C@@H]1N2C(=O)c1cc(=O)c(OC)c[nH]1. The fraction of sp³-hybridized carbons (Fsp3) is 0.474. The van der Waals surface area contributed by atoms with Crippen molar-refractivity contribution in [2.24, 2.45) is 5.41 Å². The largest absolute Gasteiger partial charge is 0.491 e. The van der Waals surface area contributed by atoms with Gasteiger partial charge in [-0.25, -0.2) is 4.98 Å². The third-order valence-electron chi connectivity index (χ3n) is 5.87. The van der Waals surface area contributed by atoms with Gasteiger partial charge in [0.15, 0.2) is 5.75 Å². The van der Waals surface area contributed by atoms with Gasteiger partial charge >= 0.3 is 5.97 Å². The molecule has 8 nitrogen and oxygen atoms in total. The molecule has 2 aliphatic rings. The summed E-state index contributed by atoms with van der Waals surface area (Å²) in [5.74, 6) is -0.446. The monoisotopic (exact) mass is 403 g/mol. The lowest BCUT2D eigenvalue weighted by atomic mass is 9.71. The number of carbonyl (C=O) groups is 2. The number of hydrogen-bond donors (Lipinski definition) is 1. The smallest absolute Gasteiger partial charge is 0.314 e. The Morgan fingerprint density at radius 1 is 1.39 bits per heavy atom. The number of hydrogen-bond acceptors (Lipinski definition) is 7. The topological polar surface area (TPSA) is 102 Å². The Kier molecular flexibility index (Phi) is 4.70. The van der Waals surface area contributed by atoms with Crippen LogP contribution in [-0.2, 0) is 16.0 Å². The summed E-state index contributed by atoms with van der Waals surface area (Å²) < 4.78 is 10.1. The Hall–Kier alpha value is -2.68. The van der Waals surface area contributed by atoms with Gasteiger partial charge in [-0.3, -0.25) is 14.4 Å². The zero-order valence-electron chi connectivity index (χ0n) is 15.6. The molecular weight excluding hydrogens is 382 g/mol. The summed E-state index contributed by atoms with van der Waals surface area (Å²) in [6.07, 6.45) is 3.90. The van der Waals surface area contributed by atoms with E-state index in [4.69, 9.17) is 9.47 Å². The Morgan fingerprint density at radius 3 is 2.86 bits per heavy atom. The number of rotatable bonds is 5. The number of aromatic nitrogens is 2. The van der Waals surface area contributed by atoms with Crippen LogP contribution in [0.2, 0.25) is 0 Å². The molecule has 2 aliphatic heterocycles. The number of ether oxygens (including phenoxy) is 2. The first kappa shape index (κ1) is 18.7. The maximum absolute atomic E-state index is 13.2. The number of methoxy groups -OCH3 is 2. The van der Waals surface area contributed by atoms with Crippen molar-refractivity contribution in [3.05, 3.63) is 44.8 Å². The molecule has 28 heavy (non-hydrogen) atoms. The molecule has 0 aromatic carbocycles. The van der Waals surface area contributed by atoms with Gasteiger partial charge in [0.25, 0.3) is 5.91 Å². The number of fused-ring (bicyclic) bond motifs is 2. The van der Waals surface area contributed by atoms with E-state index < -0.39 is 5.41 Å². The predicted molar refractivity (Wildman–Crippen MR) is 101 cm³/mol. The highest BCUT2D eigenvalue weighted by atomic mass is 32.1. The van der Waals surface area contributed by atoms with E-state index in [9.17, 15) is 14.4 Å². The summed E-state index contributed by atoms with van der Waals surface area (Å²) in [5.41, 5.74) is 1.58. The van der Waals surface area contributed by atoms with Gasteiger partial charge < -0.3 is 19.4 Å². The first-order chi connectivity index (χ1) is 13.5. The molecule has 1 amide bonds. The van der Waals surface area contributed by atoms with Gasteiger partial charge in [0.05, 0.1) is 30.8 Å². The van der Waals surface area contributed by atoms with Crippen LogP contribution in [0.1, 0.15) is 35.4 Å². The van der Waals surface area contributed by atoms with Crippen LogP contribution in [0.3, 0.4) is 0 Å². The molecular formula is C19H21N3O5S. The van der Waals surface area contributed by atoms with Crippen molar-refractivity contribution in [3.63, 3.8) is 0 Å². The van der Waals surface area contributed by atoms with Crippen molar-refractivity contribution in [1.29, 1.82) is 0 Å². The van der Waals surface area contributed by atoms with Crippen LogP contribution in [0.25, 0.3) is 0 Å². The van der Waals surface area contributed by atoms with E-state index in [1.165, 1.54) is 37.8 Å². The van der Waals surface area contributed by atoms with E-state index in [-0.39, 0.29) is 40.8 Å². The number of H-pyrrole nitrogens is 1. The maximum Gasteiger partial charge on any atom is 0.314 e. The van der Waals surface area contributed by atoms with Gasteiger partial charge in [0.1, 0.15) is 5.69 Å². The summed E-state index contributed by atoms with van der Waals surface area (Å²) >= 11 is 1.47. The number of nitrogens with one attached hydrogen (secondary N) is 1. The molecule has 148 valence electrons. The fourth-order valence-corrected chi connectivity index (χ4v) is 5.26. The highest BCUT2D eigenvalue weighted by Crippen LogP contribution is 2.52. The molecule has 1 N–H and O–H groups in total. The standard InChI is InChI=1S/C19H21N3O5S/c1-26-15-8-20-13(5-14(15)23)17(24)22-12-3-4-16(22)19(7-12,18(25)27-2)6-11-9-28-10-21-11/h5,8-10,12,16H,3-4,6-7H2,1-2H3,(H,20,23)/t12-,16+,19+/m1/s1. The molecule has 0 radical (unpaired) electrons. The van der Waals surface area contributed by atoms with Gasteiger partial charge in [0.2, 0.25) is 5.43 Å². The summed E-state index contributed by atoms with van der Waals surface area (Å²) in [5, 5.41) is 1.92. The van der Waals surface area contributed by atoms with E-state index in [0.29, 0.717) is 12.8 Å². The van der Waals surface area contributed by atoms with Crippen LogP contribution in [0.4, 0.5) is 0 Å². The molecule has 3 atom stereocenters. The summed E-state index contributed by atoms with van der Waals surface area (Å²) in [6, 6.07) is 0.893. The maximum atomic E-state index is 13.2. The Bertz CT molecular complexity index is 957. The lowest BCUT2D eigenvalue weighted by Crippen LogP contribution is -2.47. The molecule has 2 fully saturated rings. The lowest BCUT2D eigenvalue weighted by Gasteiger charge is -2.34. The Balaban J connectivity index is 1.68. The van der Waals surface area contributed by atoms with Gasteiger partial charge in [-0.05, 0) is 19.3 Å². The van der Waals surface area contributed by atoms with E-state index in [0.717, 1.165) is 18.5 Å². The summed E-state index contributed by atoms with van der Waals surface area (Å²) in [4.78, 5) is 47.0. The molecule has 0 unspecified atom stereocenters. The van der Waals surface area contributed by atoms with Gasteiger partial charge in [-0.15, -0.1) is 11.3 Å². The van der Waals surface area contributed by atoms with Crippen molar-refractivity contribution in [2.45, 2.75) is 37.8 Å². The third kappa shape index (κ3) is 2.81. The number of nitrogens with zero attached hydrogens (tertiary/aromatic N) is 2. The number of aromatic amines is 1. The Labute approximate surface area is 165 Å². The van der Waals surface area contributed by atoms with Crippen LogP contribution >= 0.6 is 11.3 Å². The molecule has 9 heteroatoms. The van der Waals surface area contributed by atoms with Crippen LogP contribution in [0.5, 0.6) is 5.75 Å². The number of carbonyl (C=O) groups excluding carboxylic acids is 2. The second-order valence-corrected chi connectivity index (χ2v) is 7.97. The zero-order valence-corrected chi connectivity index (χ0v) is 16.5. The minimum Gasteiger partial charge on any atom is -0.491 e. The van der Waals surface area contributed by atoms with Crippen molar-refractivity contribution in [1.82, 2.24) is 14.9 Å². The van der Waals surface area contributed by atoms with E-state index in [1.54, 1.807) is 10.4 Å². The predicted octanol–water partition coefficient (Wildman–Crippen LogP) is 1.62. The number of thiazole rings is 1. The minimum absolute atomic E-state index is 0.0687. The molecule has 0 saturated carbocycles. The molecule has 4 rings (SSSR count). The lowest BCUT2D eigenvalue weighted by molar-refractivity contribution is -0.154. The molecule has 0 spiro atoms. The molecule has 4 heterocycles.